The van der Waals surface area contributed by atoms with E-state index in [-0.39, 0.29) is 42.0 Å². The lowest BCUT2D eigenvalue weighted by molar-refractivity contribution is -0.275. The number of thioether (sulfide) groups is 1. The smallest absolute Gasteiger partial charge is 0.465 e. The number of nitrogens with zero attached hydrogens (tertiary/aromatic N) is 1. The molecule has 1 aromatic carbocycles. The molecule has 2 atom stereocenters. The number of fused-ring (bicyclic) bond motifs is 1. The average Bonchev–Trinajstić information content (AvgIpc) is 2.54. The summed E-state index contributed by atoms with van der Waals surface area (Å²) in [5.41, 5.74) is 5.12. The summed E-state index contributed by atoms with van der Waals surface area (Å²) in [5, 5.41) is 11.3. The van der Waals surface area contributed by atoms with Gasteiger partial charge in [-0.25, -0.2) is 4.79 Å². The first-order valence-corrected chi connectivity index (χ1v) is 8.64. The SMILES string of the molecule is Nc1ccc(OC(F)(F)F)c([C@]23CCOC[C@H]2CSC(NC(=O)O)=N3)c1. The van der Waals surface area contributed by atoms with Gasteiger partial charge in [0.15, 0.2) is 5.17 Å². The van der Waals surface area contributed by atoms with Crippen molar-refractivity contribution in [3.05, 3.63) is 23.8 Å². The molecule has 4 N–H and O–H groups in total. The number of nitrogens with one attached hydrogen (secondary N) is 1. The zero-order valence-corrected chi connectivity index (χ0v) is 14.2. The van der Waals surface area contributed by atoms with Crippen molar-refractivity contribution in [1.82, 2.24) is 5.32 Å². The van der Waals surface area contributed by atoms with Gasteiger partial charge in [0, 0.05) is 35.9 Å². The number of rotatable bonds is 2. The molecule has 0 unspecified atom stereocenters. The zero-order chi connectivity index (χ0) is 18.9. The minimum atomic E-state index is -4.88. The van der Waals surface area contributed by atoms with Crippen LogP contribution in [-0.4, -0.2) is 41.7 Å². The molecule has 2 aliphatic heterocycles. The first-order valence-electron chi connectivity index (χ1n) is 7.66. The molecule has 0 radical (unpaired) electrons. The molecular formula is C15H16F3N3O4S. The van der Waals surface area contributed by atoms with Crippen molar-refractivity contribution < 1.29 is 32.5 Å². The van der Waals surface area contributed by atoms with Crippen molar-refractivity contribution in [2.75, 3.05) is 24.7 Å². The summed E-state index contributed by atoms with van der Waals surface area (Å²) in [4.78, 5) is 15.4. The van der Waals surface area contributed by atoms with E-state index in [1.807, 2.05) is 0 Å². The highest BCUT2D eigenvalue weighted by Gasteiger charge is 2.48. The lowest BCUT2D eigenvalue weighted by atomic mass is 9.75. The van der Waals surface area contributed by atoms with Gasteiger partial charge in [-0.1, -0.05) is 11.8 Å². The summed E-state index contributed by atoms with van der Waals surface area (Å²) in [7, 11) is 0. The van der Waals surface area contributed by atoms with Crippen molar-refractivity contribution in [3.8, 4) is 5.75 Å². The largest absolute Gasteiger partial charge is 0.573 e. The van der Waals surface area contributed by atoms with Gasteiger partial charge in [-0.2, -0.15) is 0 Å². The Balaban J connectivity index is 2.13. The van der Waals surface area contributed by atoms with Gasteiger partial charge >= 0.3 is 12.5 Å². The number of hydrogen-bond donors (Lipinski definition) is 3. The van der Waals surface area contributed by atoms with Crippen LogP contribution in [0.2, 0.25) is 0 Å². The predicted molar refractivity (Wildman–Crippen MR) is 89.2 cm³/mol. The number of carbonyl (C=O) groups is 1. The Hall–Kier alpha value is -2.14. The number of anilines is 1. The average molecular weight is 391 g/mol. The third kappa shape index (κ3) is 3.83. The second-order valence-corrected chi connectivity index (χ2v) is 6.92. The maximum absolute atomic E-state index is 12.9. The van der Waals surface area contributed by atoms with Gasteiger partial charge in [0.1, 0.15) is 11.3 Å². The molecule has 11 heteroatoms. The third-order valence-corrected chi connectivity index (χ3v) is 5.29. The second-order valence-electron chi connectivity index (χ2n) is 5.91. The fourth-order valence-electron chi connectivity index (χ4n) is 3.19. The maximum Gasteiger partial charge on any atom is 0.573 e. The monoisotopic (exact) mass is 391 g/mol. The molecule has 1 fully saturated rings. The van der Waals surface area contributed by atoms with E-state index in [0.29, 0.717) is 5.75 Å². The lowest BCUT2D eigenvalue weighted by Gasteiger charge is -2.44. The minimum absolute atomic E-state index is 0.121. The molecule has 0 aromatic heterocycles. The number of benzene rings is 1. The Morgan fingerprint density at radius 1 is 1.50 bits per heavy atom. The van der Waals surface area contributed by atoms with Crippen molar-refractivity contribution in [3.63, 3.8) is 0 Å². The molecule has 26 heavy (non-hydrogen) atoms. The normalized spacial score (nSPS) is 25.8. The Labute approximate surface area is 150 Å². The number of ether oxygens (including phenoxy) is 2. The molecule has 1 aromatic rings. The van der Waals surface area contributed by atoms with Crippen LogP contribution in [0.1, 0.15) is 12.0 Å². The highest BCUT2D eigenvalue weighted by atomic mass is 32.2. The molecule has 1 amide bonds. The van der Waals surface area contributed by atoms with Crippen molar-refractivity contribution in [1.29, 1.82) is 0 Å². The number of carboxylic acid groups (broad SMARTS) is 1. The number of halogens is 3. The highest BCUT2D eigenvalue weighted by molar-refractivity contribution is 8.13. The van der Waals surface area contributed by atoms with E-state index in [0.717, 1.165) is 6.07 Å². The van der Waals surface area contributed by atoms with E-state index >= 15 is 0 Å². The van der Waals surface area contributed by atoms with Crippen LogP contribution < -0.4 is 15.8 Å². The number of nitrogen functional groups attached to an aromatic ring is 1. The predicted octanol–water partition coefficient (Wildman–Crippen LogP) is 2.77. The molecule has 2 heterocycles. The third-order valence-electron chi connectivity index (χ3n) is 4.25. The molecule has 0 bridgehead atoms. The number of amidine groups is 1. The fourth-order valence-corrected chi connectivity index (χ4v) is 4.31. The molecule has 0 saturated carbocycles. The van der Waals surface area contributed by atoms with E-state index in [2.05, 4.69) is 15.0 Å². The summed E-state index contributed by atoms with van der Waals surface area (Å²) in [5.74, 6) is -0.221. The number of hydrogen-bond acceptors (Lipinski definition) is 6. The van der Waals surface area contributed by atoms with E-state index < -0.39 is 23.7 Å². The zero-order valence-electron chi connectivity index (χ0n) is 13.4. The summed E-state index contributed by atoms with van der Waals surface area (Å²) in [6.45, 7) is 0.558. The Morgan fingerprint density at radius 3 is 2.96 bits per heavy atom. The van der Waals surface area contributed by atoms with E-state index in [1.54, 1.807) is 0 Å². The van der Waals surface area contributed by atoms with Gasteiger partial charge in [0.25, 0.3) is 0 Å². The molecule has 3 rings (SSSR count). The molecule has 7 nitrogen and oxygen atoms in total. The van der Waals surface area contributed by atoms with Gasteiger partial charge < -0.3 is 20.3 Å². The fraction of sp³-hybridized carbons (Fsp3) is 0.467. The van der Waals surface area contributed by atoms with Crippen LogP contribution in [0.4, 0.5) is 23.7 Å². The van der Waals surface area contributed by atoms with Gasteiger partial charge in [-0.05, 0) is 18.2 Å². The van der Waals surface area contributed by atoms with Crippen molar-refractivity contribution in [2.24, 2.45) is 10.9 Å². The van der Waals surface area contributed by atoms with Gasteiger partial charge in [0.2, 0.25) is 0 Å². The van der Waals surface area contributed by atoms with Crippen molar-refractivity contribution >= 4 is 28.7 Å². The van der Waals surface area contributed by atoms with Crippen LogP contribution >= 0.6 is 11.8 Å². The topological polar surface area (TPSA) is 106 Å². The first kappa shape index (κ1) is 18.6. The van der Waals surface area contributed by atoms with E-state index in [9.17, 15) is 18.0 Å². The summed E-state index contributed by atoms with van der Waals surface area (Å²) < 4.78 is 48.2. The number of amides is 1. The lowest BCUT2D eigenvalue weighted by Crippen LogP contribution is -2.48. The highest BCUT2D eigenvalue weighted by Crippen LogP contribution is 2.49. The van der Waals surface area contributed by atoms with Crippen LogP contribution in [-0.2, 0) is 10.3 Å². The van der Waals surface area contributed by atoms with Crippen LogP contribution in [0.15, 0.2) is 23.2 Å². The van der Waals surface area contributed by atoms with E-state index in [1.165, 1.54) is 23.9 Å². The quantitative estimate of drug-likeness (QED) is 0.670. The van der Waals surface area contributed by atoms with E-state index in [4.69, 9.17) is 15.6 Å². The van der Waals surface area contributed by atoms with Crippen LogP contribution in [0.3, 0.4) is 0 Å². The Bertz CT molecular complexity index is 743. The van der Waals surface area contributed by atoms with Gasteiger partial charge in [-0.3, -0.25) is 10.3 Å². The Kier molecular flexibility index (Phi) is 4.93. The van der Waals surface area contributed by atoms with Gasteiger partial charge in [-0.15, -0.1) is 13.2 Å². The number of nitrogens with two attached hydrogens (primary N) is 1. The molecule has 142 valence electrons. The number of alkyl halides is 3. The standard InChI is InChI=1S/C15H16F3N3O4S/c16-15(17,18)25-11-2-1-9(19)5-10(11)14-3-4-24-6-8(14)7-26-12(21-14)20-13(22)23/h1-2,5,8H,3-4,6-7,19H2,(H,20,21)(H,22,23)/t8-,14-/m0/s1. The molecule has 0 aliphatic carbocycles. The number of aliphatic imine (C=N–C) groups is 1. The summed E-state index contributed by atoms with van der Waals surface area (Å²) in [6.07, 6.45) is -5.89. The first-order chi connectivity index (χ1) is 12.2. The summed E-state index contributed by atoms with van der Waals surface area (Å²) >= 11 is 1.18. The molecular weight excluding hydrogens is 375 g/mol. The molecule has 2 aliphatic rings. The van der Waals surface area contributed by atoms with Crippen LogP contribution in [0.25, 0.3) is 0 Å². The minimum Gasteiger partial charge on any atom is -0.465 e. The Morgan fingerprint density at radius 2 is 2.27 bits per heavy atom. The van der Waals surface area contributed by atoms with Gasteiger partial charge in [0.05, 0.1) is 6.61 Å². The van der Waals surface area contributed by atoms with Crippen LogP contribution in [0, 0.1) is 5.92 Å². The molecule has 1 saturated heterocycles. The second kappa shape index (κ2) is 6.88. The van der Waals surface area contributed by atoms with Crippen molar-refractivity contribution in [2.45, 2.75) is 18.3 Å². The maximum atomic E-state index is 12.9. The molecule has 0 spiro atoms. The summed E-state index contributed by atoms with van der Waals surface area (Å²) in [6, 6.07) is 3.87. The van der Waals surface area contributed by atoms with Crippen LogP contribution in [0.5, 0.6) is 5.75 Å².